The van der Waals surface area contributed by atoms with Gasteiger partial charge in [0.25, 0.3) is 0 Å². The Morgan fingerprint density at radius 3 is 2.48 bits per heavy atom. The summed E-state index contributed by atoms with van der Waals surface area (Å²) >= 11 is 1.65. The smallest absolute Gasteiger partial charge is 0.135 e. The van der Waals surface area contributed by atoms with Crippen molar-refractivity contribution in [3.63, 3.8) is 0 Å². The fourth-order valence-electron chi connectivity index (χ4n) is 3.51. The van der Waals surface area contributed by atoms with E-state index < -0.39 is 0 Å². The van der Waals surface area contributed by atoms with Crippen molar-refractivity contribution in [3.8, 4) is 39.5 Å². The fraction of sp³-hybridized carbons (Fsp3) is 0.0476. The molecular formula is C21H14O3S. The highest BCUT2D eigenvalue weighted by Gasteiger charge is 2.22. The SMILES string of the molecule is Oc1ccc2c(c1)COc1c-2cc(-c2ccsc2)c2cc(O)ccc12. The third-order valence-corrected chi connectivity index (χ3v) is 5.34. The van der Waals surface area contributed by atoms with Crippen molar-refractivity contribution in [2.45, 2.75) is 6.61 Å². The molecule has 25 heavy (non-hydrogen) atoms. The quantitative estimate of drug-likeness (QED) is 0.476. The number of benzene rings is 3. The van der Waals surface area contributed by atoms with E-state index >= 15 is 0 Å². The Labute approximate surface area is 148 Å². The van der Waals surface area contributed by atoms with E-state index in [9.17, 15) is 10.2 Å². The summed E-state index contributed by atoms with van der Waals surface area (Å²) < 4.78 is 6.04. The van der Waals surface area contributed by atoms with E-state index in [1.54, 1.807) is 35.6 Å². The van der Waals surface area contributed by atoms with Gasteiger partial charge in [0.1, 0.15) is 23.9 Å². The molecule has 0 spiro atoms. The topological polar surface area (TPSA) is 49.7 Å². The van der Waals surface area contributed by atoms with Crippen molar-refractivity contribution in [1.82, 2.24) is 0 Å². The predicted octanol–water partition coefficient (Wildman–Crippen LogP) is 5.54. The molecule has 0 fully saturated rings. The van der Waals surface area contributed by atoms with Crippen LogP contribution in [-0.2, 0) is 6.61 Å². The molecule has 1 aromatic heterocycles. The molecule has 0 saturated carbocycles. The normalized spacial score (nSPS) is 12.5. The molecule has 0 bridgehead atoms. The molecular weight excluding hydrogens is 332 g/mol. The lowest BCUT2D eigenvalue weighted by Crippen LogP contribution is -2.06. The van der Waals surface area contributed by atoms with Gasteiger partial charge >= 0.3 is 0 Å². The Balaban J connectivity index is 1.89. The molecule has 0 radical (unpaired) electrons. The summed E-state index contributed by atoms with van der Waals surface area (Å²) in [4.78, 5) is 0. The van der Waals surface area contributed by atoms with Crippen LogP contribution in [0.4, 0.5) is 0 Å². The lowest BCUT2D eigenvalue weighted by molar-refractivity contribution is 0.305. The fourth-order valence-corrected chi connectivity index (χ4v) is 4.17. The zero-order valence-corrected chi connectivity index (χ0v) is 14.0. The number of phenolic OH excluding ortho intramolecular Hbond substituents is 2. The van der Waals surface area contributed by atoms with Crippen LogP contribution >= 0.6 is 11.3 Å². The maximum Gasteiger partial charge on any atom is 0.135 e. The predicted molar refractivity (Wildman–Crippen MR) is 100 cm³/mol. The van der Waals surface area contributed by atoms with Crippen LogP contribution in [0, 0.1) is 0 Å². The molecule has 5 rings (SSSR count). The highest BCUT2D eigenvalue weighted by atomic mass is 32.1. The molecule has 3 aromatic carbocycles. The van der Waals surface area contributed by atoms with Gasteiger partial charge in [-0.05, 0) is 75.3 Å². The van der Waals surface area contributed by atoms with Crippen LogP contribution in [-0.4, -0.2) is 10.2 Å². The van der Waals surface area contributed by atoms with Crippen molar-refractivity contribution < 1.29 is 14.9 Å². The Kier molecular flexibility index (Phi) is 3.02. The van der Waals surface area contributed by atoms with E-state index in [1.165, 1.54) is 0 Å². The van der Waals surface area contributed by atoms with Crippen molar-refractivity contribution in [2.75, 3.05) is 0 Å². The summed E-state index contributed by atoms with van der Waals surface area (Å²) in [6, 6.07) is 15.0. The Morgan fingerprint density at radius 1 is 0.800 bits per heavy atom. The van der Waals surface area contributed by atoms with Gasteiger partial charge in [-0.2, -0.15) is 11.3 Å². The van der Waals surface area contributed by atoms with E-state index in [4.69, 9.17) is 4.74 Å². The number of hydrogen-bond donors (Lipinski definition) is 2. The standard InChI is InChI=1S/C21H14O3S/c22-14-1-3-16-13(7-14)10-24-21-17-4-2-15(23)8-19(17)18(9-20(16)21)12-5-6-25-11-12/h1-9,11,22-23H,10H2. The largest absolute Gasteiger partial charge is 0.508 e. The molecule has 2 N–H and O–H groups in total. The first-order valence-electron chi connectivity index (χ1n) is 7.98. The Morgan fingerprint density at radius 2 is 1.64 bits per heavy atom. The molecule has 4 aromatic rings. The number of thiophene rings is 1. The average Bonchev–Trinajstić information content (AvgIpc) is 3.14. The number of fused-ring (bicyclic) bond motifs is 5. The maximum absolute atomic E-state index is 9.98. The average molecular weight is 346 g/mol. The zero-order valence-electron chi connectivity index (χ0n) is 13.2. The minimum atomic E-state index is 0.241. The minimum absolute atomic E-state index is 0.241. The van der Waals surface area contributed by atoms with E-state index in [0.29, 0.717) is 6.61 Å². The third-order valence-electron chi connectivity index (χ3n) is 4.65. The first kappa shape index (κ1) is 14.4. The summed E-state index contributed by atoms with van der Waals surface area (Å²) in [5.41, 5.74) is 5.25. The molecule has 122 valence electrons. The molecule has 0 saturated heterocycles. The highest BCUT2D eigenvalue weighted by Crippen LogP contribution is 2.47. The van der Waals surface area contributed by atoms with Gasteiger partial charge in [0, 0.05) is 16.5 Å². The maximum atomic E-state index is 9.98. The monoisotopic (exact) mass is 346 g/mol. The lowest BCUT2D eigenvalue weighted by atomic mass is 9.89. The van der Waals surface area contributed by atoms with Gasteiger partial charge in [-0.3, -0.25) is 0 Å². The van der Waals surface area contributed by atoms with Gasteiger partial charge in [0.05, 0.1) is 0 Å². The summed E-state index contributed by atoms with van der Waals surface area (Å²) in [6.45, 7) is 0.421. The van der Waals surface area contributed by atoms with Crippen LogP contribution in [0.3, 0.4) is 0 Å². The van der Waals surface area contributed by atoms with Gasteiger partial charge in [0.2, 0.25) is 0 Å². The zero-order chi connectivity index (χ0) is 17.0. The molecule has 0 amide bonds. The number of hydrogen-bond acceptors (Lipinski definition) is 4. The Hall–Kier alpha value is -2.98. The molecule has 4 heteroatoms. The number of aromatic hydroxyl groups is 2. The van der Waals surface area contributed by atoms with Crippen LogP contribution in [0.2, 0.25) is 0 Å². The second-order valence-electron chi connectivity index (χ2n) is 6.17. The minimum Gasteiger partial charge on any atom is -0.508 e. The van der Waals surface area contributed by atoms with E-state index in [1.807, 2.05) is 17.5 Å². The van der Waals surface area contributed by atoms with Crippen LogP contribution in [0.15, 0.2) is 59.3 Å². The molecule has 0 aliphatic carbocycles. The van der Waals surface area contributed by atoms with Crippen molar-refractivity contribution >= 4 is 22.1 Å². The van der Waals surface area contributed by atoms with Crippen molar-refractivity contribution in [3.05, 3.63) is 64.9 Å². The van der Waals surface area contributed by atoms with Gasteiger partial charge in [-0.1, -0.05) is 6.07 Å². The number of ether oxygens (including phenoxy) is 1. The second kappa shape index (κ2) is 5.26. The first-order chi connectivity index (χ1) is 12.2. The third kappa shape index (κ3) is 2.18. The second-order valence-corrected chi connectivity index (χ2v) is 6.95. The van der Waals surface area contributed by atoms with Crippen LogP contribution in [0.1, 0.15) is 5.56 Å². The van der Waals surface area contributed by atoms with Crippen LogP contribution in [0.5, 0.6) is 17.2 Å². The summed E-state index contributed by atoms with van der Waals surface area (Å²) in [5.74, 6) is 1.31. The van der Waals surface area contributed by atoms with Crippen molar-refractivity contribution in [1.29, 1.82) is 0 Å². The Bertz CT molecular complexity index is 1110. The molecule has 0 atom stereocenters. The van der Waals surface area contributed by atoms with Gasteiger partial charge in [-0.15, -0.1) is 0 Å². The van der Waals surface area contributed by atoms with Gasteiger partial charge < -0.3 is 14.9 Å². The molecule has 0 unspecified atom stereocenters. The van der Waals surface area contributed by atoms with E-state index in [0.717, 1.165) is 44.3 Å². The highest BCUT2D eigenvalue weighted by molar-refractivity contribution is 7.08. The molecule has 1 aliphatic heterocycles. The molecule has 3 nitrogen and oxygen atoms in total. The van der Waals surface area contributed by atoms with Crippen LogP contribution < -0.4 is 4.74 Å². The van der Waals surface area contributed by atoms with E-state index in [-0.39, 0.29) is 11.5 Å². The number of rotatable bonds is 1. The molecule has 2 heterocycles. The van der Waals surface area contributed by atoms with E-state index in [2.05, 4.69) is 17.5 Å². The summed E-state index contributed by atoms with van der Waals surface area (Å²) in [6.07, 6.45) is 0. The summed E-state index contributed by atoms with van der Waals surface area (Å²) in [5, 5.41) is 25.8. The summed E-state index contributed by atoms with van der Waals surface area (Å²) in [7, 11) is 0. The van der Waals surface area contributed by atoms with Gasteiger partial charge in [-0.25, -0.2) is 0 Å². The number of phenols is 2. The van der Waals surface area contributed by atoms with Crippen molar-refractivity contribution in [2.24, 2.45) is 0 Å². The first-order valence-corrected chi connectivity index (χ1v) is 8.92. The lowest BCUT2D eigenvalue weighted by Gasteiger charge is -2.24. The van der Waals surface area contributed by atoms with Gasteiger partial charge in [0.15, 0.2) is 0 Å². The van der Waals surface area contributed by atoms with Crippen LogP contribution in [0.25, 0.3) is 33.0 Å². The molecule has 1 aliphatic rings.